The van der Waals surface area contributed by atoms with E-state index in [-0.39, 0.29) is 0 Å². The lowest BCUT2D eigenvalue weighted by atomic mass is 10.1. The second kappa shape index (κ2) is 3.97. The average molecular weight is 264 g/mol. The summed E-state index contributed by atoms with van der Waals surface area (Å²) in [5, 5.41) is 0. The van der Waals surface area contributed by atoms with Gasteiger partial charge in [-0.05, 0) is 0 Å². The molecule has 0 amide bonds. The number of carbonyl (C=O) groups is 1. The second-order valence-electron chi connectivity index (χ2n) is 2.79. The zero-order valence-electron chi connectivity index (χ0n) is 7.43. The van der Waals surface area contributed by atoms with Crippen molar-refractivity contribution in [3.63, 3.8) is 0 Å². The van der Waals surface area contributed by atoms with Gasteiger partial charge in [-0.1, -0.05) is 0 Å². The van der Waals surface area contributed by atoms with Gasteiger partial charge < -0.3 is 0 Å². The highest BCUT2D eigenvalue weighted by Crippen LogP contribution is 2.36. The fourth-order valence-electron chi connectivity index (χ4n) is 0.979. The summed E-state index contributed by atoms with van der Waals surface area (Å²) < 4.78 is 99.9. The van der Waals surface area contributed by atoms with Crippen LogP contribution in [0, 0.1) is 29.1 Å². The summed E-state index contributed by atoms with van der Waals surface area (Å²) in [4.78, 5) is 9.79. The van der Waals surface area contributed by atoms with Gasteiger partial charge >= 0.3 is 12.0 Å². The maximum absolute atomic E-state index is 12.7. The molecule has 1 aromatic carbocycles. The van der Waals surface area contributed by atoms with Crippen molar-refractivity contribution in [1.29, 1.82) is 0 Å². The molecule has 0 aliphatic rings. The van der Waals surface area contributed by atoms with Crippen molar-refractivity contribution in [2.24, 2.45) is 0 Å². The Balaban J connectivity index is 3.72. The Labute approximate surface area is 87.6 Å². The van der Waals surface area contributed by atoms with Gasteiger partial charge in [0.1, 0.15) is 5.56 Å². The molecule has 0 heterocycles. The summed E-state index contributed by atoms with van der Waals surface area (Å²) in [6.45, 7) is 0. The number of halogens is 8. The van der Waals surface area contributed by atoms with Crippen LogP contribution in [0.25, 0.3) is 0 Å². The van der Waals surface area contributed by atoms with Crippen molar-refractivity contribution in [2.45, 2.75) is 5.92 Å². The zero-order chi connectivity index (χ0) is 13.5. The van der Waals surface area contributed by atoms with Crippen LogP contribution in [0.2, 0.25) is 0 Å². The molecule has 94 valence electrons. The number of hydrogen-bond donors (Lipinski definition) is 0. The van der Waals surface area contributed by atoms with E-state index < -0.39 is 46.6 Å². The van der Waals surface area contributed by atoms with Gasteiger partial charge in [0.25, 0.3) is 0 Å². The smallest absolute Gasteiger partial charge is 0.254 e. The predicted octanol–water partition coefficient (Wildman–Crippen LogP) is 2.97. The van der Waals surface area contributed by atoms with Crippen molar-refractivity contribution < 1.29 is 39.9 Å². The molecule has 9 heteroatoms. The molecule has 0 saturated heterocycles. The van der Waals surface area contributed by atoms with Crippen molar-refractivity contribution in [3.8, 4) is 0 Å². The van der Waals surface area contributed by atoms with Crippen LogP contribution in [0.3, 0.4) is 0 Å². The van der Waals surface area contributed by atoms with E-state index in [0.29, 0.717) is 0 Å². The van der Waals surface area contributed by atoms with E-state index >= 15 is 0 Å². The van der Waals surface area contributed by atoms with Crippen LogP contribution in [0.5, 0.6) is 0 Å². The first-order valence-electron chi connectivity index (χ1n) is 3.72. The lowest BCUT2D eigenvalue weighted by Crippen LogP contribution is -2.27. The van der Waals surface area contributed by atoms with Gasteiger partial charge in [0.2, 0.25) is 5.82 Å². The fraction of sp³-hybridized carbons (Fsp3) is 0.125. The second-order valence-corrected chi connectivity index (χ2v) is 2.79. The Kier molecular flexibility index (Phi) is 3.13. The molecule has 0 aliphatic carbocycles. The minimum absolute atomic E-state index is 2.69. The molecular weight excluding hydrogens is 264 g/mol. The van der Waals surface area contributed by atoms with Crippen molar-refractivity contribution in [3.05, 3.63) is 34.6 Å². The molecule has 0 unspecified atom stereocenters. The van der Waals surface area contributed by atoms with Gasteiger partial charge in [-0.15, -0.1) is 0 Å². The highest BCUT2D eigenvalue weighted by Gasteiger charge is 2.49. The Morgan fingerprint density at radius 2 is 1.06 bits per heavy atom. The van der Waals surface area contributed by atoms with Crippen molar-refractivity contribution in [1.82, 2.24) is 0 Å². The first kappa shape index (κ1) is 13.4. The van der Waals surface area contributed by atoms with Gasteiger partial charge in [-0.3, -0.25) is 4.79 Å². The predicted molar refractivity (Wildman–Crippen MR) is 36.2 cm³/mol. The fourth-order valence-corrected chi connectivity index (χ4v) is 0.979. The number of rotatable bonds is 2. The largest absolute Gasteiger partial charge is 0.375 e. The Hall–Kier alpha value is -1.67. The first-order valence-corrected chi connectivity index (χ1v) is 3.72. The number of benzene rings is 1. The van der Waals surface area contributed by atoms with Gasteiger partial charge in [0.15, 0.2) is 23.3 Å². The Bertz CT molecular complexity index is 466. The van der Waals surface area contributed by atoms with Crippen LogP contribution in [0.4, 0.5) is 35.1 Å². The summed E-state index contributed by atoms with van der Waals surface area (Å²) in [7, 11) is 0. The molecule has 0 N–H and O–H groups in total. The molecule has 0 spiro atoms. The summed E-state index contributed by atoms with van der Waals surface area (Å²) >= 11 is 0. The van der Waals surface area contributed by atoms with E-state index in [9.17, 15) is 39.9 Å². The minimum Gasteiger partial charge on any atom is -0.254 e. The highest BCUT2D eigenvalue weighted by molar-refractivity contribution is 5.78. The van der Waals surface area contributed by atoms with Crippen LogP contribution >= 0.6 is 0 Å². The summed E-state index contributed by atoms with van der Waals surface area (Å²) in [6.07, 6.45) is 0. The van der Waals surface area contributed by atoms with Gasteiger partial charge in [-0.25, -0.2) is 22.0 Å². The molecule has 0 bridgehead atoms. The van der Waals surface area contributed by atoms with Crippen molar-refractivity contribution >= 4 is 6.04 Å². The summed E-state index contributed by atoms with van der Waals surface area (Å²) in [5.41, 5.74) is -2.82. The standard InChI is InChI=1S/C8F8O/c9-2-1(8(15,16)7(14)17)3(10)5(12)6(13)4(2)11. The summed E-state index contributed by atoms with van der Waals surface area (Å²) in [6, 6.07) is -3.54. The summed E-state index contributed by atoms with van der Waals surface area (Å²) in [5.74, 6) is -19.5. The van der Waals surface area contributed by atoms with Crippen LogP contribution in [0.15, 0.2) is 0 Å². The molecule has 0 saturated carbocycles. The Morgan fingerprint density at radius 1 is 0.765 bits per heavy atom. The lowest BCUT2D eigenvalue weighted by molar-refractivity contribution is -0.158. The van der Waals surface area contributed by atoms with E-state index in [1.54, 1.807) is 0 Å². The third-order valence-corrected chi connectivity index (χ3v) is 1.77. The van der Waals surface area contributed by atoms with Gasteiger partial charge in [0, 0.05) is 0 Å². The molecule has 0 aromatic heterocycles. The highest BCUT2D eigenvalue weighted by atomic mass is 19.3. The third-order valence-electron chi connectivity index (χ3n) is 1.77. The van der Waals surface area contributed by atoms with Gasteiger partial charge in [0.05, 0.1) is 0 Å². The van der Waals surface area contributed by atoms with Crippen LogP contribution in [-0.2, 0) is 10.7 Å². The molecular formula is C8F8O. The average Bonchev–Trinajstić information content (AvgIpc) is 2.23. The maximum atomic E-state index is 12.7. The molecule has 1 rings (SSSR count). The van der Waals surface area contributed by atoms with Crippen LogP contribution < -0.4 is 0 Å². The van der Waals surface area contributed by atoms with Gasteiger partial charge in [-0.2, -0.15) is 13.2 Å². The van der Waals surface area contributed by atoms with E-state index in [1.165, 1.54) is 0 Å². The Morgan fingerprint density at radius 3 is 1.35 bits per heavy atom. The van der Waals surface area contributed by atoms with E-state index in [2.05, 4.69) is 0 Å². The molecule has 1 nitrogen and oxygen atoms in total. The molecule has 0 radical (unpaired) electrons. The van der Waals surface area contributed by atoms with Crippen LogP contribution in [-0.4, -0.2) is 6.04 Å². The molecule has 0 aliphatic heterocycles. The lowest BCUT2D eigenvalue weighted by Gasteiger charge is -2.13. The number of carbonyl (C=O) groups excluding carboxylic acids is 1. The number of alkyl halides is 2. The first-order chi connectivity index (χ1) is 7.62. The van der Waals surface area contributed by atoms with E-state index in [1.807, 2.05) is 0 Å². The van der Waals surface area contributed by atoms with Crippen molar-refractivity contribution in [2.75, 3.05) is 0 Å². The molecule has 17 heavy (non-hydrogen) atoms. The maximum Gasteiger partial charge on any atom is 0.375 e. The van der Waals surface area contributed by atoms with Crippen LogP contribution in [0.1, 0.15) is 5.56 Å². The minimum atomic E-state index is -5.45. The molecule has 1 aromatic rings. The zero-order valence-corrected chi connectivity index (χ0v) is 7.43. The quantitative estimate of drug-likeness (QED) is 0.347. The SMILES string of the molecule is O=C(F)C(F)(F)c1c(F)c(F)c(F)c(F)c1F. The van der Waals surface area contributed by atoms with E-state index in [4.69, 9.17) is 0 Å². The normalized spacial score (nSPS) is 11.8. The topological polar surface area (TPSA) is 17.1 Å². The molecule has 0 atom stereocenters. The number of hydrogen-bond acceptors (Lipinski definition) is 1. The third kappa shape index (κ3) is 1.85. The van der Waals surface area contributed by atoms with E-state index in [0.717, 1.165) is 0 Å². The molecule has 0 fully saturated rings. The monoisotopic (exact) mass is 264 g/mol.